The van der Waals surface area contributed by atoms with Gasteiger partial charge in [-0.25, -0.2) is 0 Å². The van der Waals surface area contributed by atoms with Crippen LogP contribution >= 0.6 is 43.6 Å². The van der Waals surface area contributed by atoms with Gasteiger partial charge >= 0.3 is 0 Å². The molecule has 0 unspecified atom stereocenters. The minimum atomic E-state index is -0.140. The summed E-state index contributed by atoms with van der Waals surface area (Å²) in [6, 6.07) is 19.8. The van der Waals surface area contributed by atoms with Gasteiger partial charge in [0.1, 0.15) is 5.75 Å². The molecule has 0 bridgehead atoms. The quantitative estimate of drug-likeness (QED) is 0.212. The smallest absolute Gasteiger partial charge is 0.234 e. The maximum absolute atomic E-state index is 12.8. The lowest BCUT2D eigenvalue weighted by Gasteiger charge is -2.13. The predicted octanol–water partition coefficient (Wildman–Crippen LogP) is 7.21. The van der Waals surface area contributed by atoms with Crippen molar-refractivity contribution in [2.75, 3.05) is 17.7 Å². The highest BCUT2D eigenvalue weighted by Crippen LogP contribution is 2.33. The number of ether oxygens (including phenoxy) is 1. The molecule has 1 heterocycles. The van der Waals surface area contributed by atoms with Crippen molar-refractivity contribution in [1.29, 1.82) is 0 Å². The first-order valence-corrected chi connectivity index (χ1v) is 13.6. The first-order valence-electron chi connectivity index (χ1n) is 11.0. The first kappa shape index (κ1) is 25.5. The van der Waals surface area contributed by atoms with Crippen LogP contribution in [0.3, 0.4) is 0 Å². The molecule has 9 heteroatoms. The Morgan fingerprint density at radius 1 is 0.971 bits per heavy atom. The molecule has 0 aliphatic rings. The highest BCUT2D eigenvalue weighted by molar-refractivity contribution is 9.11. The molecule has 1 aromatic heterocycles. The molecule has 35 heavy (non-hydrogen) atoms. The summed E-state index contributed by atoms with van der Waals surface area (Å²) >= 11 is 8.39. The zero-order valence-electron chi connectivity index (χ0n) is 19.5. The number of nitrogens with zero attached hydrogens (tertiary/aromatic N) is 3. The van der Waals surface area contributed by atoms with Gasteiger partial charge in [0.05, 0.1) is 18.0 Å². The zero-order chi connectivity index (χ0) is 24.9. The molecular weight excluding hydrogens is 592 g/mol. The van der Waals surface area contributed by atoms with Crippen molar-refractivity contribution >= 4 is 55.2 Å². The second-order valence-electron chi connectivity index (χ2n) is 7.87. The van der Waals surface area contributed by atoms with E-state index in [4.69, 9.17) is 4.74 Å². The summed E-state index contributed by atoms with van der Waals surface area (Å²) in [5, 5.41) is 12.5. The first-order chi connectivity index (χ1) is 16.9. The van der Waals surface area contributed by atoms with Gasteiger partial charge in [-0.3, -0.25) is 9.36 Å². The van der Waals surface area contributed by atoms with Crippen molar-refractivity contribution in [2.24, 2.45) is 0 Å². The largest absolute Gasteiger partial charge is 0.494 e. The summed E-state index contributed by atoms with van der Waals surface area (Å²) in [6.45, 7) is 6.60. The lowest BCUT2D eigenvalue weighted by atomic mass is 10.1. The molecule has 0 radical (unpaired) electrons. The van der Waals surface area contributed by atoms with Crippen molar-refractivity contribution in [3.8, 4) is 22.8 Å². The molecule has 6 nitrogen and oxygen atoms in total. The molecule has 4 aromatic rings. The fourth-order valence-electron chi connectivity index (χ4n) is 3.47. The second-order valence-corrected chi connectivity index (χ2v) is 10.5. The van der Waals surface area contributed by atoms with E-state index < -0.39 is 0 Å². The van der Waals surface area contributed by atoms with E-state index >= 15 is 0 Å². The van der Waals surface area contributed by atoms with Gasteiger partial charge in [-0.2, -0.15) is 0 Å². The highest BCUT2D eigenvalue weighted by atomic mass is 79.9. The van der Waals surface area contributed by atoms with Crippen LogP contribution in [0.25, 0.3) is 17.1 Å². The van der Waals surface area contributed by atoms with Crippen LogP contribution in [0.4, 0.5) is 5.69 Å². The Bertz CT molecular complexity index is 1320. The molecule has 0 atom stereocenters. The average Bonchev–Trinajstić information content (AvgIpc) is 3.25. The van der Waals surface area contributed by atoms with E-state index in [-0.39, 0.29) is 11.7 Å². The molecule has 0 saturated carbocycles. The molecule has 0 fully saturated rings. The van der Waals surface area contributed by atoms with Crippen LogP contribution < -0.4 is 10.1 Å². The van der Waals surface area contributed by atoms with E-state index in [0.717, 1.165) is 31.5 Å². The number of rotatable bonds is 8. The summed E-state index contributed by atoms with van der Waals surface area (Å²) in [4.78, 5) is 12.8. The Balaban J connectivity index is 1.61. The minimum Gasteiger partial charge on any atom is -0.494 e. The number of hydrogen-bond donors (Lipinski definition) is 1. The third-order valence-electron chi connectivity index (χ3n) is 5.13. The lowest BCUT2D eigenvalue weighted by molar-refractivity contribution is -0.113. The number of thioether (sulfide) groups is 1. The normalized spacial score (nSPS) is 10.9. The van der Waals surface area contributed by atoms with E-state index in [0.29, 0.717) is 23.3 Å². The summed E-state index contributed by atoms with van der Waals surface area (Å²) in [5.41, 5.74) is 4.79. The molecule has 1 amide bonds. The van der Waals surface area contributed by atoms with Crippen LogP contribution in [0.2, 0.25) is 0 Å². The SMILES string of the molecule is CCOc1ccc(-n2c(SCC(=O)Nc3c(Br)cc(C)cc3Br)nnc2-c2ccc(C)cc2)cc1. The van der Waals surface area contributed by atoms with Crippen molar-refractivity contribution in [2.45, 2.75) is 25.9 Å². The second kappa shape index (κ2) is 11.4. The standard InChI is InChI=1S/C26H24Br2N4O2S/c1-4-34-20-11-9-19(10-12-20)32-25(18-7-5-16(2)6-8-18)30-31-26(32)35-15-23(33)29-24-21(27)13-17(3)14-22(24)28/h5-14H,4,15H2,1-3H3,(H,29,33). The van der Waals surface area contributed by atoms with Crippen molar-refractivity contribution < 1.29 is 9.53 Å². The summed E-state index contributed by atoms with van der Waals surface area (Å²) < 4.78 is 9.20. The fraction of sp³-hybridized carbons (Fsp3) is 0.192. The van der Waals surface area contributed by atoms with Gasteiger partial charge in [-0.1, -0.05) is 41.6 Å². The van der Waals surface area contributed by atoms with E-state index in [2.05, 4.69) is 47.4 Å². The van der Waals surface area contributed by atoms with Crippen molar-refractivity contribution in [3.63, 3.8) is 0 Å². The zero-order valence-corrected chi connectivity index (χ0v) is 23.5. The monoisotopic (exact) mass is 614 g/mol. The number of hydrogen-bond acceptors (Lipinski definition) is 5. The van der Waals surface area contributed by atoms with Gasteiger partial charge in [0, 0.05) is 20.2 Å². The number of benzene rings is 3. The van der Waals surface area contributed by atoms with E-state index in [1.54, 1.807) is 0 Å². The summed E-state index contributed by atoms with van der Waals surface area (Å²) in [6.07, 6.45) is 0. The van der Waals surface area contributed by atoms with Crippen molar-refractivity contribution in [1.82, 2.24) is 14.8 Å². The van der Waals surface area contributed by atoms with Gasteiger partial charge < -0.3 is 10.1 Å². The van der Waals surface area contributed by atoms with Gasteiger partial charge in [0.15, 0.2) is 11.0 Å². The predicted molar refractivity (Wildman–Crippen MR) is 149 cm³/mol. The van der Waals surface area contributed by atoms with Crippen LogP contribution in [0.5, 0.6) is 5.75 Å². The Kier molecular flexibility index (Phi) is 8.30. The fourth-order valence-corrected chi connectivity index (χ4v) is 5.83. The van der Waals surface area contributed by atoms with E-state index in [9.17, 15) is 4.79 Å². The number of halogens is 2. The molecule has 0 aliphatic heterocycles. The van der Waals surface area contributed by atoms with Crippen LogP contribution in [-0.2, 0) is 4.79 Å². The number of aromatic nitrogens is 3. The molecule has 0 aliphatic carbocycles. The van der Waals surface area contributed by atoms with Crippen LogP contribution in [0.15, 0.2) is 74.8 Å². The highest BCUT2D eigenvalue weighted by Gasteiger charge is 2.18. The van der Waals surface area contributed by atoms with Crippen LogP contribution in [0, 0.1) is 13.8 Å². The Morgan fingerprint density at radius 3 is 2.26 bits per heavy atom. The third kappa shape index (κ3) is 6.15. The molecule has 3 aromatic carbocycles. The van der Waals surface area contributed by atoms with E-state index in [1.807, 2.05) is 86.0 Å². The van der Waals surface area contributed by atoms with E-state index in [1.165, 1.54) is 17.3 Å². The van der Waals surface area contributed by atoms with Crippen molar-refractivity contribution in [3.05, 3.63) is 80.7 Å². The number of nitrogens with one attached hydrogen (secondary N) is 1. The number of anilines is 1. The third-order valence-corrected chi connectivity index (χ3v) is 7.31. The molecule has 4 rings (SSSR count). The molecular formula is C26H24Br2N4O2S. The van der Waals surface area contributed by atoms with Crippen LogP contribution in [-0.4, -0.2) is 33.0 Å². The Hall–Kier alpha value is -2.62. The molecule has 0 saturated heterocycles. The topological polar surface area (TPSA) is 69.0 Å². The Morgan fingerprint density at radius 2 is 1.63 bits per heavy atom. The van der Waals surface area contributed by atoms with Gasteiger partial charge in [-0.05, 0) is 94.6 Å². The minimum absolute atomic E-state index is 0.140. The van der Waals surface area contributed by atoms with Gasteiger partial charge in [-0.15, -0.1) is 10.2 Å². The number of aryl methyl sites for hydroxylation is 2. The van der Waals surface area contributed by atoms with Gasteiger partial charge in [0.25, 0.3) is 0 Å². The average molecular weight is 616 g/mol. The molecule has 0 spiro atoms. The maximum Gasteiger partial charge on any atom is 0.234 e. The molecule has 180 valence electrons. The number of amides is 1. The summed E-state index contributed by atoms with van der Waals surface area (Å²) in [7, 11) is 0. The number of carbonyl (C=O) groups excluding carboxylic acids is 1. The number of carbonyl (C=O) groups is 1. The Labute approximate surface area is 225 Å². The summed E-state index contributed by atoms with van der Waals surface area (Å²) in [5.74, 6) is 1.54. The van der Waals surface area contributed by atoms with Crippen LogP contribution in [0.1, 0.15) is 18.1 Å². The maximum atomic E-state index is 12.8. The molecule has 1 N–H and O–H groups in total. The van der Waals surface area contributed by atoms with Gasteiger partial charge in [0.2, 0.25) is 5.91 Å². The lowest BCUT2D eigenvalue weighted by Crippen LogP contribution is -2.15.